The van der Waals surface area contributed by atoms with Crippen molar-refractivity contribution in [2.75, 3.05) is 26.3 Å². The standard InChI is InChI=1S/C21H26FN3O3/c22-18-5-1-3-16(11-18)12-20(26)25-9-2-4-17(13-25)21-23-19(24-28-21)8-10-27-14-15-6-7-15/h1,3,5,11,15,17H,2,4,6-10,12-14H2. The quantitative estimate of drug-likeness (QED) is 0.651. The van der Waals surface area contributed by atoms with Crippen molar-refractivity contribution in [1.82, 2.24) is 15.0 Å². The van der Waals surface area contributed by atoms with Crippen LogP contribution in [0, 0.1) is 11.7 Å². The molecule has 1 aromatic heterocycles. The van der Waals surface area contributed by atoms with E-state index in [0.29, 0.717) is 43.4 Å². The molecule has 1 aromatic carbocycles. The molecule has 0 spiro atoms. The normalized spacial score (nSPS) is 19.8. The van der Waals surface area contributed by atoms with Gasteiger partial charge in [-0.3, -0.25) is 4.79 Å². The van der Waals surface area contributed by atoms with Crippen LogP contribution in [-0.4, -0.2) is 47.3 Å². The lowest BCUT2D eigenvalue weighted by Crippen LogP contribution is -2.40. The molecule has 2 aromatic rings. The van der Waals surface area contributed by atoms with Gasteiger partial charge in [0.1, 0.15) is 5.82 Å². The van der Waals surface area contributed by atoms with E-state index in [9.17, 15) is 9.18 Å². The van der Waals surface area contributed by atoms with E-state index in [1.165, 1.54) is 25.0 Å². The molecule has 1 aliphatic carbocycles. The number of carbonyl (C=O) groups is 1. The van der Waals surface area contributed by atoms with E-state index in [0.717, 1.165) is 25.4 Å². The van der Waals surface area contributed by atoms with Crippen LogP contribution in [0.15, 0.2) is 28.8 Å². The third-order valence-corrected chi connectivity index (χ3v) is 5.37. The first kappa shape index (κ1) is 19.1. The van der Waals surface area contributed by atoms with Gasteiger partial charge in [0.2, 0.25) is 11.8 Å². The van der Waals surface area contributed by atoms with Crippen LogP contribution in [0.25, 0.3) is 0 Å². The lowest BCUT2D eigenvalue weighted by atomic mass is 9.97. The molecule has 4 rings (SSSR count). The summed E-state index contributed by atoms with van der Waals surface area (Å²) in [6.45, 7) is 2.71. The summed E-state index contributed by atoms with van der Waals surface area (Å²) in [6.07, 6.45) is 5.22. The van der Waals surface area contributed by atoms with E-state index in [1.54, 1.807) is 12.1 Å². The number of halogens is 1. The highest BCUT2D eigenvalue weighted by Gasteiger charge is 2.28. The average molecular weight is 387 g/mol. The number of carbonyl (C=O) groups excluding carboxylic acids is 1. The zero-order chi connectivity index (χ0) is 19.3. The van der Waals surface area contributed by atoms with Crippen LogP contribution in [0.1, 0.15) is 48.9 Å². The topological polar surface area (TPSA) is 68.5 Å². The fourth-order valence-electron chi connectivity index (χ4n) is 3.57. The van der Waals surface area contributed by atoms with Gasteiger partial charge in [0.05, 0.1) is 18.9 Å². The van der Waals surface area contributed by atoms with Crippen LogP contribution in [0.2, 0.25) is 0 Å². The number of amides is 1. The number of likely N-dealkylation sites (tertiary alicyclic amines) is 1. The molecule has 0 bridgehead atoms. The molecule has 0 radical (unpaired) electrons. The summed E-state index contributed by atoms with van der Waals surface area (Å²) >= 11 is 0. The van der Waals surface area contributed by atoms with E-state index in [2.05, 4.69) is 10.1 Å². The van der Waals surface area contributed by atoms with Crippen LogP contribution in [0.5, 0.6) is 0 Å². The number of hydrogen-bond acceptors (Lipinski definition) is 5. The highest BCUT2D eigenvalue weighted by molar-refractivity contribution is 5.79. The molecule has 2 heterocycles. The molecule has 150 valence electrons. The summed E-state index contributed by atoms with van der Waals surface area (Å²) in [4.78, 5) is 18.9. The number of benzene rings is 1. The molecule has 28 heavy (non-hydrogen) atoms. The third kappa shape index (κ3) is 5.16. The zero-order valence-electron chi connectivity index (χ0n) is 16.0. The zero-order valence-corrected chi connectivity index (χ0v) is 16.0. The van der Waals surface area contributed by atoms with Crippen molar-refractivity contribution in [3.8, 4) is 0 Å². The summed E-state index contributed by atoms with van der Waals surface area (Å²) in [6, 6.07) is 6.20. The molecule has 1 unspecified atom stereocenters. The van der Waals surface area contributed by atoms with Crippen molar-refractivity contribution in [2.24, 2.45) is 5.92 Å². The monoisotopic (exact) mass is 387 g/mol. The lowest BCUT2D eigenvalue weighted by molar-refractivity contribution is -0.131. The Hall–Kier alpha value is -2.28. The van der Waals surface area contributed by atoms with Crippen molar-refractivity contribution >= 4 is 5.91 Å². The Labute approximate surface area is 164 Å². The van der Waals surface area contributed by atoms with Gasteiger partial charge < -0.3 is 14.2 Å². The number of aromatic nitrogens is 2. The molecular weight excluding hydrogens is 361 g/mol. The maximum Gasteiger partial charge on any atom is 0.231 e. The molecule has 1 atom stereocenters. The van der Waals surface area contributed by atoms with Crippen molar-refractivity contribution in [1.29, 1.82) is 0 Å². The molecule has 1 saturated heterocycles. The molecule has 2 aliphatic rings. The summed E-state index contributed by atoms with van der Waals surface area (Å²) in [5, 5.41) is 4.06. The third-order valence-electron chi connectivity index (χ3n) is 5.37. The van der Waals surface area contributed by atoms with Gasteiger partial charge in [-0.15, -0.1) is 0 Å². The predicted molar refractivity (Wildman–Crippen MR) is 100 cm³/mol. The van der Waals surface area contributed by atoms with Gasteiger partial charge >= 0.3 is 0 Å². The first-order chi connectivity index (χ1) is 13.7. The smallest absolute Gasteiger partial charge is 0.231 e. The fraction of sp³-hybridized carbons (Fsp3) is 0.571. The molecule has 1 amide bonds. The van der Waals surface area contributed by atoms with Crippen molar-refractivity contribution < 1.29 is 18.4 Å². The van der Waals surface area contributed by atoms with Gasteiger partial charge in [-0.05, 0) is 49.3 Å². The Morgan fingerprint density at radius 3 is 3.04 bits per heavy atom. The minimum Gasteiger partial charge on any atom is -0.381 e. The highest BCUT2D eigenvalue weighted by Crippen LogP contribution is 2.29. The Bertz CT molecular complexity index is 806. The van der Waals surface area contributed by atoms with Crippen LogP contribution < -0.4 is 0 Å². The lowest BCUT2D eigenvalue weighted by Gasteiger charge is -2.31. The van der Waals surface area contributed by atoms with Crippen LogP contribution in [0.3, 0.4) is 0 Å². The second-order valence-corrected chi connectivity index (χ2v) is 7.80. The van der Waals surface area contributed by atoms with Crippen molar-refractivity contribution in [3.63, 3.8) is 0 Å². The van der Waals surface area contributed by atoms with E-state index in [-0.39, 0.29) is 24.1 Å². The van der Waals surface area contributed by atoms with Crippen LogP contribution in [-0.2, 0) is 22.4 Å². The number of piperidine rings is 1. The van der Waals surface area contributed by atoms with Gasteiger partial charge in [0.15, 0.2) is 5.82 Å². The van der Waals surface area contributed by atoms with E-state index < -0.39 is 0 Å². The maximum absolute atomic E-state index is 13.3. The molecule has 2 fully saturated rings. The second-order valence-electron chi connectivity index (χ2n) is 7.80. The first-order valence-electron chi connectivity index (χ1n) is 10.1. The highest BCUT2D eigenvalue weighted by atomic mass is 19.1. The Balaban J connectivity index is 1.28. The maximum atomic E-state index is 13.3. The van der Waals surface area contributed by atoms with Crippen LogP contribution in [0.4, 0.5) is 4.39 Å². The summed E-state index contributed by atoms with van der Waals surface area (Å²) in [5.41, 5.74) is 0.693. The number of ether oxygens (including phenoxy) is 1. The SMILES string of the molecule is O=C(Cc1cccc(F)c1)N1CCCC(c2nc(CCOCC3CC3)no2)C1. The summed E-state index contributed by atoms with van der Waals surface area (Å²) in [5.74, 6) is 1.75. The van der Waals surface area contributed by atoms with Gasteiger partial charge in [0.25, 0.3) is 0 Å². The average Bonchev–Trinajstić information content (AvgIpc) is 3.41. The first-order valence-corrected chi connectivity index (χ1v) is 10.1. The van der Waals surface area contributed by atoms with Crippen molar-refractivity contribution in [2.45, 2.75) is 44.4 Å². The number of hydrogen-bond donors (Lipinski definition) is 0. The molecule has 7 heteroatoms. The van der Waals surface area contributed by atoms with E-state index >= 15 is 0 Å². The van der Waals surface area contributed by atoms with Gasteiger partial charge in [-0.1, -0.05) is 17.3 Å². The second kappa shape index (κ2) is 8.82. The van der Waals surface area contributed by atoms with E-state index in [1.807, 2.05) is 4.90 Å². The Morgan fingerprint density at radius 2 is 2.21 bits per heavy atom. The Kier molecular flexibility index (Phi) is 6.00. The predicted octanol–water partition coefficient (Wildman–Crippen LogP) is 3.13. The molecular formula is C21H26FN3O3. The van der Waals surface area contributed by atoms with Crippen molar-refractivity contribution in [3.05, 3.63) is 47.4 Å². The minimum atomic E-state index is -0.318. The van der Waals surface area contributed by atoms with Crippen LogP contribution >= 0.6 is 0 Å². The molecule has 1 saturated carbocycles. The fourth-order valence-corrected chi connectivity index (χ4v) is 3.57. The summed E-state index contributed by atoms with van der Waals surface area (Å²) in [7, 11) is 0. The van der Waals surface area contributed by atoms with Gasteiger partial charge in [-0.25, -0.2) is 4.39 Å². The van der Waals surface area contributed by atoms with Gasteiger partial charge in [-0.2, -0.15) is 4.98 Å². The number of rotatable bonds is 8. The molecule has 1 aliphatic heterocycles. The van der Waals surface area contributed by atoms with Gasteiger partial charge in [0, 0.05) is 26.1 Å². The Morgan fingerprint density at radius 1 is 1.32 bits per heavy atom. The number of nitrogens with zero attached hydrogens (tertiary/aromatic N) is 3. The molecule has 0 N–H and O–H groups in total. The largest absolute Gasteiger partial charge is 0.381 e. The van der Waals surface area contributed by atoms with E-state index in [4.69, 9.17) is 9.26 Å². The summed E-state index contributed by atoms with van der Waals surface area (Å²) < 4.78 is 24.4. The molecule has 6 nitrogen and oxygen atoms in total. The minimum absolute atomic E-state index is 0.00325.